The first kappa shape index (κ1) is 11.1. The maximum atomic E-state index is 12.8. The van der Waals surface area contributed by atoms with E-state index in [1.165, 1.54) is 41.5 Å². The first-order chi connectivity index (χ1) is 7.66. The summed E-state index contributed by atoms with van der Waals surface area (Å²) >= 11 is 1.96. The lowest BCUT2D eigenvalue weighted by Crippen LogP contribution is -2.18. The van der Waals surface area contributed by atoms with Gasteiger partial charge in [0.25, 0.3) is 0 Å². The third kappa shape index (κ3) is 2.38. The van der Waals surface area contributed by atoms with E-state index in [4.69, 9.17) is 0 Å². The third-order valence-electron chi connectivity index (χ3n) is 1.91. The number of aromatic nitrogens is 2. The highest BCUT2D eigenvalue weighted by Gasteiger charge is 2.07. The van der Waals surface area contributed by atoms with Crippen molar-refractivity contribution in [2.75, 3.05) is 5.32 Å². The minimum Gasteiger partial charge on any atom is -0.306 e. The van der Waals surface area contributed by atoms with Gasteiger partial charge in [0.05, 0.1) is 5.69 Å². The summed E-state index contributed by atoms with van der Waals surface area (Å²) in [5.41, 5.74) is 0.570. The largest absolute Gasteiger partial charge is 0.331 e. The Kier molecular flexibility index (Phi) is 3.18. The van der Waals surface area contributed by atoms with E-state index < -0.39 is 0 Å². The zero-order chi connectivity index (χ0) is 11.5. The topological polar surface area (TPSA) is 46.9 Å². The smallest absolute Gasteiger partial charge is 0.306 e. The van der Waals surface area contributed by atoms with Crippen LogP contribution in [0.1, 0.15) is 0 Å². The Bertz CT molecular complexity index is 513. The first-order valence-corrected chi connectivity index (χ1v) is 5.49. The van der Waals surface area contributed by atoms with Crippen LogP contribution in [-0.2, 0) is 0 Å². The van der Waals surface area contributed by atoms with E-state index >= 15 is 0 Å². The minimum atomic E-state index is -0.331. The van der Waals surface area contributed by atoms with Gasteiger partial charge in [-0.2, -0.15) is 0 Å². The second kappa shape index (κ2) is 4.60. The number of nitrogens with one attached hydrogen (secondary N) is 1. The van der Waals surface area contributed by atoms with Crippen LogP contribution in [0, 0.1) is 9.39 Å². The number of benzene rings is 1. The highest BCUT2D eigenvalue weighted by molar-refractivity contribution is 14.1. The predicted octanol–water partition coefficient (Wildman–Crippen LogP) is 2.71. The van der Waals surface area contributed by atoms with Crippen molar-refractivity contribution in [3.05, 3.63) is 46.3 Å². The molecule has 16 heavy (non-hydrogen) atoms. The summed E-state index contributed by atoms with van der Waals surface area (Å²) in [6.07, 6.45) is 4.44. The molecule has 2 aromatic rings. The van der Waals surface area contributed by atoms with Crippen molar-refractivity contribution in [1.82, 2.24) is 9.55 Å². The standard InChI is InChI=1S/C10H7FIN3O/c11-7-1-2-9(8(12)5-7)14-10(16)15-4-3-13-6-15/h1-6H,(H,14,16). The van der Waals surface area contributed by atoms with Gasteiger partial charge in [0.15, 0.2) is 0 Å². The van der Waals surface area contributed by atoms with Crippen molar-refractivity contribution in [1.29, 1.82) is 0 Å². The number of rotatable bonds is 1. The molecule has 82 valence electrons. The van der Waals surface area contributed by atoms with E-state index in [0.717, 1.165) is 0 Å². The van der Waals surface area contributed by atoms with Crippen molar-refractivity contribution in [3.8, 4) is 0 Å². The Balaban J connectivity index is 2.18. The van der Waals surface area contributed by atoms with Crippen LogP contribution < -0.4 is 5.32 Å². The molecule has 0 bridgehead atoms. The number of nitrogens with zero attached hydrogens (tertiary/aromatic N) is 2. The number of halogens is 2. The SMILES string of the molecule is O=C(Nc1ccc(F)cc1I)n1ccnc1. The fourth-order valence-electron chi connectivity index (χ4n) is 1.15. The monoisotopic (exact) mass is 331 g/mol. The number of hydrogen-bond donors (Lipinski definition) is 1. The van der Waals surface area contributed by atoms with E-state index in [1.807, 2.05) is 22.6 Å². The van der Waals surface area contributed by atoms with Crippen LogP contribution in [-0.4, -0.2) is 15.6 Å². The number of hydrogen-bond acceptors (Lipinski definition) is 2. The molecule has 0 aliphatic rings. The molecule has 4 nitrogen and oxygen atoms in total. The zero-order valence-corrected chi connectivity index (χ0v) is 10.2. The van der Waals surface area contributed by atoms with Crippen LogP contribution in [0.15, 0.2) is 36.9 Å². The number of imidazole rings is 1. The molecule has 0 fully saturated rings. The van der Waals surface area contributed by atoms with E-state index in [9.17, 15) is 9.18 Å². The van der Waals surface area contributed by atoms with Crippen molar-refractivity contribution in [2.45, 2.75) is 0 Å². The summed E-state index contributed by atoms with van der Waals surface area (Å²) in [4.78, 5) is 15.4. The average molecular weight is 331 g/mol. The van der Waals surface area contributed by atoms with Crippen LogP contribution >= 0.6 is 22.6 Å². The Morgan fingerprint density at radius 2 is 2.31 bits per heavy atom. The van der Waals surface area contributed by atoms with Crippen LogP contribution in [0.5, 0.6) is 0 Å². The highest BCUT2D eigenvalue weighted by Crippen LogP contribution is 2.19. The van der Waals surface area contributed by atoms with Crippen molar-refractivity contribution in [3.63, 3.8) is 0 Å². The average Bonchev–Trinajstić information content (AvgIpc) is 2.75. The van der Waals surface area contributed by atoms with Crippen molar-refractivity contribution in [2.24, 2.45) is 0 Å². The van der Waals surface area contributed by atoms with E-state index in [2.05, 4.69) is 10.3 Å². The van der Waals surface area contributed by atoms with Gasteiger partial charge in [0.1, 0.15) is 12.1 Å². The van der Waals surface area contributed by atoms with E-state index in [0.29, 0.717) is 9.26 Å². The van der Waals surface area contributed by atoms with Gasteiger partial charge in [-0.25, -0.2) is 14.2 Å². The number of anilines is 1. The van der Waals surface area contributed by atoms with Gasteiger partial charge >= 0.3 is 6.03 Å². The quantitative estimate of drug-likeness (QED) is 0.817. The molecular weight excluding hydrogens is 324 g/mol. The van der Waals surface area contributed by atoms with Crippen LogP contribution in [0.4, 0.5) is 14.9 Å². The summed E-state index contributed by atoms with van der Waals surface area (Å²) in [5, 5.41) is 2.65. The molecule has 0 saturated heterocycles. The van der Waals surface area contributed by atoms with Gasteiger partial charge in [0, 0.05) is 16.0 Å². The van der Waals surface area contributed by atoms with Gasteiger partial charge in [-0.3, -0.25) is 4.57 Å². The summed E-state index contributed by atoms with van der Waals surface area (Å²) in [6.45, 7) is 0. The molecule has 1 amide bonds. The fraction of sp³-hybridized carbons (Fsp3) is 0. The Labute approximate surface area is 105 Å². The molecule has 0 aliphatic heterocycles. The number of carbonyl (C=O) groups is 1. The van der Waals surface area contributed by atoms with Gasteiger partial charge in [-0.1, -0.05) is 0 Å². The Morgan fingerprint density at radius 3 is 2.94 bits per heavy atom. The predicted molar refractivity (Wildman–Crippen MR) is 65.8 cm³/mol. The van der Waals surface area contributed by atoms with Crippen LogP contribution in [0.3, 0.4) is 0 Å². The molecule has 2 rings (SSSR count). The Hall–Kier alpha value is -1.44. The molecule has 0 radical (unpaired) electrons. The summed E-state index contributed by atoms with van der Waals surface area (Å²) in [6, 6.07) is 3.84. The summed E-state index contributed by atoms with van der Waals surface area (Å²) in [5.74, 6) is -0.329. The zero-order valence-electron chi connectivity index (χ0n) is 8.02. The van der Waals surface area contributed by atoms with Crippen LogP contribution in [0.25, 0.3) is 0 Å². The molecule has 0 aliphatic carbocycles. The summed E-state index contributed by atoms with van der Waals surface area (Å²) < 4.78 is 14.8. The number of amides is 1. The van der Waals surface area contributed by atoms with Gasteiger partial charge in [0.2, 0.25) is 0 Å². The summed E-state index contributed by atoms with van der Waals surface area (Å²) in [7, 11) is 0. The minimum absolute atomic E-state index is 0.329. The second-order valence-corrected chi connectivity index (χ2v) is 4.19. The van der Waals surface area contributed by atoms with Gasteiger partial charge < -0.3 is 5.32 Å². The second-order valence-electron chi connectivity index (χ2n) is 3.02. The van der Waals surface area contributed by atoms with E-state index in [-0.39, 0.29) is 11.8 Å². The van der Waals surface area contributed by atoms with Gasteiger partial charge in [-0.05, 0) is 40.8 Å². The maximum absolute atomic E-state index is 12.8. The fourth-order valence-corrected chi connectivity index (χ4v) is 1.76. The molecule has 0 saturated carbocycles. The molecule has 6 heteroatoms. The number of carbonyl (C=O) groups excluding carboxylic acids is 1. The molecule has 1 aromatic heterocycles. The molecular formula is C10H7FIN3O. The highest BCUT2D eigenvalue weighted by atomic mass is 127. The molecule has 1 N–H and O–H groups in total. The lowest BCUT2D eigenvalue weighted by atomic mass is 10.3. The van der Waals surface area contributed by atoms with Crippen LogP contribution in [0.2, 0.25) is 0 Å². The molecule has 1 aromatic carbocycles. The lowest BCUT2D eigenvalue weighted by Gasteiger charge is -2.07. The molecule has 0 spiro atoms. The Morgan fingerprint density at radius 1 is 1.50 bits per heavy atom. The van der Waals surface area contributed by atoms with E-state index in [1.54, 1.807) is 0 Å². The first-order valence-electron chi connectivity index (χ1n) is 4.41. The molecule has 1 heterocycles. The maximum Gasteiger partial charge on any atom is 0.331 e. The molecule has 0 atom stereocenters. The van der Waals surface area contributed by atoms with Crippen molar-refractivity contribution < 1.29 is 9.18 Å². The van der Waals surface area contributed by atoms with Crippen molar-refractivity contribution >= 4 is 34.3 Å². The lowest BCUT2D eigenvalue weighted by molar-refractivity contribution is 0.253. The third-order valence-corrected chi connectivity index (χ3v) is 2.80. The molecule has 0 unspecified atom stereocenters. The normalized spacial score (nSPS) is 10.1. The van der Waals surface area contributed by atoms with Gasteiger partial charge in [-0.15, -0.1) is 0 Å².